The minimum Gasteiger partial charge on any atom is -0.355 e. The van der Waals surface area contributed by atoms with Gasteiger partial charge in [-0.05, 0) is 85.4 Å². The summed E-state index contributed by atoms with van der Waals surface area (Å²) in [5.41, 5.74) is 15.5. The molecular weight excluding hydrogens is 761 g/mol. The van der Waals surface area contributed by atoms with Crippen molar-refractivity contribution in [1.29, 1.82) is 0 Å². The molecule has 7 rings (SSSR count). The van der Waals surface area contributed by atoms with E-state index in [1.165, 1.54) is 114 Å². The smallest absolute Gasteiger partial charge is 0.150 e. The van der Waals surface area contributed by atoms with E-state index in [0.29, 0.717) is 11.1 Å². The van der Waals surface area contributed by atoms with E-state index in [-0.39, 0.29) is 0 Å². The van der Waals surface area contributed by atoms with Gasteiger partial charge in [0.25, 0.3) is 0 Å². The summed E-state index contributed by atoms with van der Waals surface area (Å²) in [6.07, 6.45) is 35.1. The number of nitrogens with zero attached hydrogens (tertiary/aromatic N) is 2. The number of aryl methyl sites for hydroxylation is 2. The van der Waals surface area contributed by atoms with E-state index in [2.05, 4.69) is 72.4 Å². The molecule has 0 aliphatic carbocycles. The Morgan fingerprint density at radius 1 is 0.387 bits per heavy atom. The Kier molecular flexibility index (Phi) is 16.5. The molecular formula is C56H66N4O2. The van der Waals surface area contributed by atoms with E-state index in [1.807, 2.05) is 48.5 Å². The molecule has 0 saturated carbocycles. The second-order valence-electron chi connectivity index (χ2n) is 17.3. The standard InChI is InChI=1S/C56H66N4O2/c1-3-5-7-9-11-13-15-17-19-21-45-47-31-35-51(57-47)55(43-27-23-41(39-61)24-28-43)53-37-33-49(59-53)46(22-20-18-16-14-12-10-8-6-4-2)50-34-38-54(60-50)56(52-36-32-48(45)58-52)44-29-25-42(40-62)26-30-44/h23-40,57,60H,3-22H2,1-2H3. The Balaban J connectivity index is 1.36. The fourth-order valence-electron chi connectivity index (χ4n) is 9.14. The summed E-state index contributed by atoms with van der Waals surface area (Å²) < 4.78 is 0. The van der Waals surface area contributed by atoms with Gasteiger partial charge in [0.05, 0.1) is 22.8 Å². The van der Waals surface area contributed by atoms with Gasteiger partial charge in [0.1, 0.15) is 12.6 Å². The lowest BCUT2D eigenvalue weighted by atomic mass is 10.0. The number of rotatable bonds is 24. The van der Waals surface area contributed by atoms with Crippen LogP contribution in [0.25, 0.3) is 68.6 Å². The second-order valence-corrected chi connectivity index (χ2v) is 17.3. The summed E-state index contributed by atoms with van der Waals surface area (Å²) in [5.74, 6) is 0. The fourth-order valence-corrected chi connectivity index (χ4v) is 9.14. The van der Waals surface area contributed by atoms with Crippen molar-refractivity contribution in [1.82, 2.24) is 19.9 Å². The van der Waals surface area contributed by atoms with E-state index in [9.17, 15) is 9.59 Å². The average Bonchev–Trinajstić information content (AvgIpc) is 4.16. The lowest BCUT2D eigenvalue weighted by molar-refractivity contribution is 0.111. The quantitative estimate of drug-likeness (QED) is 0.0469. The number of hydrogen-bond donors (Lipinski definition) is 2. The largest absolute Gasteiger partial charge is 0.355 e. The Hall–Kier alpha value is -5.62. The van der Waals surface area contributed by atoms with Crippen LogP contribution < -0.4 is 0 Å². The first-order valence-corrected chi connectivity index (χ1v) is 23.8. The lowest BCUT2D eigenvalue weighted by Crippen LogP contribution is -1.94. The summed E-state index contributed by atoms with van der Waals surface area (Å²) >= 11 is 0. The second kappa shape index (κ2) is 23.0. The van der Waals surface area contributed by atoms with Gasteiger partial charge in [0.15, 0.2) is 0 Å². The molecule has 5 heterocycles. The van der Waals surface area contributed by atoms with E-state index < -0.39 is 0 Å². The highest BCUT2D eigenvalue weighted by Crippen LogP contribution is 2.35. The minimum atomic E-state index is 0.649. The van der Waals surface area contributed by atoms with Gasteiger partial charge in [0.2, 0.25) is 0 Å². The summed E-state index contributed by atoms with van der Waals surface area (Å²) in [4.78, 5) is 42.0. The van der Waals surface area contributed by atoms with Crippen molar-refractivity contribution in [2.45, 2.75) is 142 Å². The molecule has 0 unspecified atom stereocenters. The van der Waals surface area contributed by atoms with Crippen LogP contribution in [0.5, 0.6) is 0 Å². The molecule has 0 atom stereocenters. The monoisotopic (exact) mass is 827 g/mol. The molecule has 3 aromatic heterocycles. The molecule has 6 nitrogen and oxygen atoms in total. The summed E-state index contributed by atoms with van der Waals surface area (Å²) in [6.45, 7) is 4.55. The maximum Gasteiger partial charge on any atom is 0.150 e. The van der Waals surface area contributed by atoms with E-state index in [4.69, 9.17) is 9.97 Å². The van der Waals surface area contributed by atoms with Gasteiger partial charge in [-0.15, -0.1) is 0 Å². The van der Waals surface area contributed by atoms with Crippen molar-refractivity contribution in [3.63, 3.8) is 0 Å². The number of aldehydes is 2. The zero-order valence-electron chi connectivity index (χ0n) is 37.2. The molecule has 6 heteroatoms. The van der Waals surface area contributed by atoms with Crippen molar-refractivity contribution in [2.75, 3.05) is 0 Å². The van der Waals surface area contributed by atoms with Gasteiger partial charge < -0.3 is 9.97 Å². The number of nitrogens with one attached hydrogen (secondary N) is 2. The fraction of sp³-hybridized carbons (Fsp3) is 0.393. The third kappa shape index (κ3) is 11.4. The van der Waals surface area contributed by atoms with Crippen molar-refractivity contribution in [3.8, 4) is 22.3 Å². The zero-order valence-corrected chi connectivity index (χ0v) is 37.2. The molecule has 62 heavy (non-hydrogen) atoms. The first-order valence-electron chi connectivity index (χ1n) is 23.8. The maximum absolute atomic E-state index is 11.7. The molecule has 5 aromatic rings. The molecule has 2 aliphatic heterocycles. The van der Waals surface area contributed by atoms with Gasteiger partial charge in [-0.2, -0.15) is 0 Å². The molecule has 8 bridgehead atoms. The van der Waals surface area contributed by atoms with E-state index in [0.717, 1.165) is 105 Å². The van der Waals surface area contributed by atoms with Crippen LogP contribution in [0, 0.1) is 0 Å². The SMILES string of the molecule is CCCCCCCCCCCc1c2nc(c(-c3ccc(C=O)cc3)c3ccc([nH]3)c(CCCCCCCCCCC)c3nc(c(-c4ccc(C=O)cc4)c4ccc1[nH]4)C=C3)C=C2. The van der Waals surface area contributed by atoms with Crippen LogP contribution in [0.2, 0.25) is 0 Å². The topological polar surface area (TPSA) is 91.5 Å². The lowest BCUT2D eigenvalue weighted by Gasteiger charge is -2.07. The molecule has 0 amide bonds. The van der Waals surface area contributed by atoms with Crippen LogP contribution in [0.3, 0.4) is 0 Å². The summed E-state index contributed by atoms with van der Waals surface area (Å²) in [7, 11) is 0. The summed E-state index contributed by atoms with van der Waals surface area (Å²) in [6, 6.07) is 24.5. The number of aromatic nitrogens is 4. The van der Waals surface area contributed by atoms with Gasteiger partial charge in [-0.1, -0.05) is 165 Å². The molecule has 2 N–H and O–H groups in total. The summed E-state index contributed by atoms with van der Waals surface area (Å²) in [5, 5.41) is 0. The number of unbranched alkanes of at least 4 members (excludes halogenated alkanes) is 16. The highest BCUT2D eigenvalue weighted by atomic mass is 16.1. The normalized spacial score (nSPS) is 12.0. The van der Waals surface area contributed by atoms with Crippen LogP contribution in [0.15, 0.2) is 72.8 Å². The number of fused-ring (bicyclic) bond motifs is 8. The minimum absolute atomic E-state index is 0.649. The first-order chi connectivity index (χ1) is 30.6. The van der Waals surface area contributed by atoms with Gasteiger partial charge in [-0.25, -0.2) is 9.97 Å². The van der Waals surface area contributed by atoms with Crippen LogP contribution >= 0.6 is 0 Å². The molecule has 2 aliphatic rings. The van der Waals surface area contributed by atoms with Crippen LogP contribution in [-0.4, -0.2) is 32.5 Å². The molecule has 0 fully saturated rings. The molecule has 0 radical (unpaired) electrons. The molecule has 0 spiro atoms. The maximum atomic E-state index is 11.7. The average molecular weight is 827 g/mol. The highest BCUT2D eigenvalue weighted by Gasteiger charge is 2.18. The van der Waals surface area contributed by atoms with E-state index >= 15 is 0 Å². The Labute approximate surface area is 369 Å². The van der Waals surface area contributed by atoms with Crippen molar-refractivity contribution in [3.05, 3.63) is 118 Å². The number of hydrogen-bond acceptors (Lipinski definition) is 4. The Bertz CT molecular complexity index is 2310. The first kappa shape index (κ1) is 44.4. The van der Waals surface area contributed by atoms with Crippen molar-refractivity contribution in [2.24, 2.45) is 0 Å². The predicted octanol–water partition coefficient (Wildman–Crippen LogP) is 15.8. The molecule has 2 aromatic carbocycles. The predicted molar refractivity (Wildman–Crippen MR) is 262 cm³/mol. The third-order valence-corrected chi connectivity index (χ3v) is 12.7. The highest BCUT2D eigenvalue weighted by molar-refractivity contribution is 5.95. The number of carbonyl (C=O) groups is 2. The van der Waals surface area contributed by atoms with Gasteiger partial charge in [0, 0.05) is 55.4 Å². The number of aromatic amines is 2. The zero-order chi connectivity index (χ0) is 42.9. The Morgan fingerprint density at radius 2 is 0.710 bits per heavy atom. The van der Waals surface area contributed by atoms with Crippen molar-refractivity contribution < 1.29 is 9.59 Å². The number of H-pyrrole nitrogens is 2. The van der Waals surface area contributed by atoms with Crippen LogP contribution in [0.4, 0.5) is 0 Å². The molecule has 322 valence electrons. The number of carbonyl (C=O) groups excluding carboxylic acids is 2. The molecule has 0 saturated heterocycles. The van der Waals surface area contributed by atoms with Crippen LogP contribution in [0.1, 0.15) is 184 Å². The van der Waals surface area contributed by atoms with Crippen LogP contribution in [-0.2, 0) is 12.8 Å². The van der Waals surface area contributed by atoms with E-state index in [1.54, 1.807) is 0 Å². The van der Waals surface area contributed by atoms with Gasteiger partial charge >= 0.3 is 0 Å². The number of benzene rings is 2. The Morgan fingerprint density at radius 3 is 1.06 bits per heavy atom. The van der Waals surface area contributed by atoms with Crippen molar-refractivity contribution >= 4 is 58.9 Å². The van der Waals surface area contributed by atoms with Gasteiger partial charge in [-0.3, -0.25) is 9.59 Å². The third-order valence-electron chi connectivity index (χ3n) is 12.7.